The number of carbonyl (C=O) groups excluding carboxylic acids is 3. The maximum absolute atomic E-state index is 12.5. The monoisotopic (exact) mass is 408 g/mol. The van der Waals surface area contributed by atoms with Crippen LogP contribution in [0.25, 0.3) is 0 Å². The lowest BCUT2D eigenvalue weighted by molar-refractivity contribution is -0.131. The van der Waals surface area contributed by atoms with Crippen molar-refractivity contribution in [2.24, 2.45) is 5.92 Å². The molecule has 2 N–H and O–H groups in total. The van der Waals surface area contributed by atoms with E-state index in [1.165, 1.54) is 19.2 Å². The Hall–Kier alpha value is -2.46. The van der Waals surface area contributed by atoms with Crippen LogP contribution in [0.5, 0.6) is 0 Å². The van der Waals surface area contributed by atoms with Gasteiger partial charge < -0.3 is 4.90 Å². The van der Waals surface area contributed by atoms with Crippen LogP contribution in [0.1, 0.15) is 24.8 Å². The van der Waals surface area contributed by atoms with Crippen molar-refractivity contribution in [2.45, 2.75) is 37.1 Å². The van der Waals surface area contributed by atoms with Crippen LogP contribution >= 0.6 is 0 Å². The van der Waals surface area contributed by atoms with E-state index >= 15 is 0 Å². The standard InChI is InChI=1S/C18H24N4O5S/c1-12-3-7-15(8-4-12)28(26,27)21(2)11-16(23)19-20-18(25)13-9-17(24)22(10-13)14-5-6-14/h3-4,7-8,13-14H,5-6,9-11H2,1-2H3,(H,19,23)(H,20,25). The molecule has 9 nitrogen and oxygen atoms in total. The number of nitrogens with one attached hydrogen (secondary N) is 2. The van der Waals surface area contributed by atoms with E-state index in [9.17, 15) is 22.8 Å². The smallest absolute Gasteiger partial charge is 0.253 e. The van der Waals surface area contributed by atoms with Crippen molar-refractivity contribution in [3.05, 3.63) is 29.8 Å². The van der Waals surface area contributed by atoms with Gasteiger partial charge in [-0.3, -0.25) is 25.2 Å². The number of likely N-dealkylation sites (tertiary alicyclic amines) is 1. The molecule has 2 fully saturated rings. The number of aryl methyl sites for hydroxylation is 1. The zero-order valence-electron chi connectivity index (χ0n) is 15.8. The SMILES string of the molecule is Cc1ccc(S(=O)(=O)N(C)CC(=O)NNC(=O)C2CC(=O)N(C3CC3)C2)cc1. The summed E-state index contributed by atoms with van der Waals surface area (Å²) >= 11 is 0. The lowest BCUT2D eigenvalue weighted by Gasteiger charge is -2.18. The Morgan fingerprint density at radius 1 is 1.18 bits per heavy atom. The summed E-state index contributed by atoms with van der Waals surface area (Å²) in [4.78, 5) is 37.9. The summed E-state index contributed by atoms with van der Waals surface area (Å²) in [7, 11) is -2.52. The van der Waals surface area contributed by atoms with Gasteiger partial charge in [0, 0.05) is 26.1 Å². The van der Waals surface area contributed by atoms with E-state index in [2.05, 4.69) is 10.9 Å². The fraction of sp³-hybridized carbons (Fsp3) is 0.500. The molecule has 3 rings (SSSR count). The summed E-state index contributed by atoms with van der Waals surface area (Å²) < 4.78 is 25.9. The van der Waals surface area contributed by atoms with E-state index < -0.39 is 34.3 Å². The lowest BCUT2D eigenvalue weighted by Crippen LogP contribution is -2.48. The van der Waals surface area contributed by atoms with E-state index in [1.54, 1.807) is 17.0 Å². The molecular weight excluding hydrogens is 384 g/mol. The fourth-order valence-corrected chi connectivity index (χ4v) is 4.22. The number of hydrazine groups is 1. The molecule has 1 aromatic rings. The van der Waals surface area contributed by atoms with E-state index in [1.807, 2.05) is 6.92 Å². The van der Waals surface area contributed by atoms with Gasteiger partial charge >= 0.3 is 0 Å². The summed E-state index contributed by atoms with van der Waals surface area (Å²) in [5.74, 6) is -1.68. The van der Waals surface area contributed by atoms with Crippen molar-refractivity contribution in [1.29, 1.82) is 0 Å². The average molecular weight is 408 g/mol. The maximum atomic E-state index is 12.5. The van der Waals surface area contributed by atoms with Crippen LogP contribution in [0.3, 0.4) is 0 Å². The van der Waals surface area contributed by atoms with Gasteiger partial charge in [0.15, 0.2) is 0 Å². The number of sulfonamides is 1. The third kappa shape index (κ3) is 4.50. The van der Waals surface area contributed by atoms with E-state index in [0.717, 1.165) is 22.7 Å². The first-order chi connectivity index (χ1) is 13.2. The van der Waals surface area contributed by atoms with E-state index in [-0.39, 0.29) is 23.3 Å². The fourth-order valence-electron chi connectivity index (χ4n) is 3.10. The molecular formula is C18H24N4O5S. The Bertz CT molecular complexity index is 880. The number of amides is 3. The highest BCUT2D eigenvalue weighted by molar-refractivity contribution is 7.89. The summed E-state index contributed by atoms with van der Waals surface area (Å²) in [5.41, 5.74) is 5.44. The molecule has 1 aromatic carbocycles. The number of hydrogen-bond donors (Lipinski definition) is 2. The predicted molar refractivity (Wildman–Crippen MR) is 100 cm³/mol. The Morgan fingerprint density at radius 2 is 1.82 bits per heavy atom. The molecule has 3 amide bonds. The predicted octanol–water partition coefficient (Wildman–Crippen LogP) is -0.226. The largest absolute Gasteiger partial charge is 0.339 e. The minimum absolute atomic E-state index is 0.0436. The third-order valence-electron chi connectivity index (χ3n) is 4.94. The number of likely N-dealkylation sites (N-methyl/N-ethyl adjacent to an activating group) is 1. The molecule has 28 heavy (non-hydrogen) atoms. The first-order valence-corrected chi connectivity index (χ1v) is 10.5. The van der Waals surface area contributed by atoms with Gasteiger partial charge in [0.1, 0.15) is 0 Å². The minimum atomic E-state index is -3.81. The molecule has 10 heteroatoms. The minimum Gasteiger partial charge on any atom is -0.339 e. The topological polar surface area (TPSA) is 116 Å². The van der Waals surface area contributed by atoms with Gasteiger partial charge in [0.05, 0.1) is 17.4 Å². The summed E-state index contributed by atoms with van der Waals surface area (Å²) in [6, 6.07) is 6.55. The molecule has 2 aliphatic rings. The van der Waals surface area contributed by atoms with Gasteiger partial charge in [-0.1, -0.05) is 17.7 Å². The van der Waals surface area contributed by atoms with Crippen molar-refractivity contribution in [3.8, 4) is 0 Å². The van der Waals surface area contributed by atoms with Gasteiger partial charge in [0.25, 0.3) is 5.91 Å². The highest BCUT2D eigenvalue weighted by atomic mass is 32.2. The lowest BCUT2D eigenvalue weighted by atomic mass is 10.1. The molecule has 1 unspecified atom stereocenters. The molecule has 1 saturated carbocycles. The number of rotatable bonds is 6. The highest BCUT2D eigenvalue weighted by Crippen LogP contribution is 2.32. The van der Waals surface area contributed by atoms with Gasteiger partial charge in [-0.15, -0.1) is 0 Å². The summed E-state index contributed by atoms with van der Waals surface area (Å²) in [6.07, 6.45) is 2.07. The van der Waals surface area contributed by atoms with Crippen molar-refractivity contribution in [1.82, 2.24) is 20.1 Å². The van der Waals surface area contributed by atoms with Gasteiger partial charge in [0.2, 0.25) is 21.8 Å². The summed E-state index contributed by atoms with van der Waals surface area (Å²) in [5, 5.41) is 0. The third-order valence-corrected chi connectivity index (χ3v) is 6.76. The summed E-state index contributed by atoms with van der Waals surface area (Å²) in [6.45, 7) is 1.75. The molecule has 1 atom stereocenters. The first kappa shape index (κ1) is 20.3. The maximum Gasteiger partial charge on any atom is 0.253 e. The quantitative estimate of drug-likeness (QED) is 0.631. The van der Waals surface area contributed by atoms with Crippen LogP contribution in [-0.4, -0.2) is 61.5 Å². The Balaban J connectivity index is 1.49. The van der Waals surface area contributed by atoms with Gasteiger partial charge in [-0.05, 0) is 31.9 Å². The van der Waals surface area contributed by atoms with Crippen LogP contribution < -0.4 is 10.9 Å². The zero-order valence-corrected chi connectivity index (χ0v) is 16.7. The molecule has 1 aliphatic heterocycles. The van der Waals surface area contributed by atoms with Crippen molar-refractivity contribution < 1.29 is 22.8 Å². The molecule has 0 radical (unpaired) electrons. The Morgan fingerprint density at radius 3 is 2.43 bits per heavy atom. The molecule has 0 spiro atoms. The molecule has 1 aliphatic carbocycles. The van der Waals surface area contributed by atoms with Crippen LogP contribution in [0, 0.1) is 12.8 Å². The number of nitrogens with zero attached hydrogens (tertiary/aromatic N) is 2. The second-order valence-electron chi connectivity index (χ2n) is 7.29. The van der Waals surface area contributed by atoms with E-state index in [0.29, 0.717) is 6.54 Å². The molecule has 1 saturated heterocycles. The second-order valence-corrected chi connectivity index (χ2v) is 9.33. The number of hydrogen-bond acceptors (Lipinski definition) is 5. The highest BCUT2D eigenvalue weighted by Gasteiger charge is 2.41. The van der Waals surface area contributed by atoms with Crippen LogP contribution in [0.15, 0.2) is 29.2 Å². The van der Waals surface area contributed by atoms with Crippen LogP contribution in [0.4, 0.5) is 0 Å². The first-order valence-electron chi connectivity index (χ1n) is 9.09. The van der Waals surface area contributed by atoms with Crippen molar-refractivity contribution >= 4 is 27.7 Å². The molecule has 1 heterocycles. The van der Waals surface area contributed by atoms with Crippen LogP contribution in [0.2, 0.25) is 0 Å². The zero-order chi connectivity index (χ0) is 20.5. The van der Waals surface area contributed by atoms with Gasteiger partial charge in [-0.2, -0.15) is 4.31 Å². The van der Waals surface area contributed by atoms with Gasteiger partial charge in [-0.25, -0.2) is 8.42 Å². The normalized spacial score (nSPS) is 19.8. The Labute approximate surface area is 164 Å². The molecule has 0 aromatic heterocycles. The Kier molecular flexibility index (Phi) is 5.71. The number of carbonyl (C=O) groups is 3. The second kappa shape index (κ2) is 7.88. The van der Waals surface area contributed by atoms with Crippen molar-refractivity contribution in [2.75, 3.05) is 20.1 Å². The molecule has 0 bridgehead atoms. The van der Waals surface area contributed by atoms with Crippen molar-refractivity contribution in [3.63, 3.8) is 0 Å². The van der Waals surface area contributed by atoms with Crippen LogP contribution in [-0.2, 0) is 24.4 Å². The number of benzene rings is 1. The van der Waals surface area contributed by atoms with E-state index in [4.69, 9.17) is 0 Å². The molecule has 152 valence electrons. The average Bonchev–Trinajstić information content (AvgIpc) is 3.41.